The number of hydrogen-bond acceptors (Lipinski definition) is 4. The Hall–Kier alpha value is -1.55. The highest BCUT2D eigenvalue weighted by Crippen LogP contribution is 2.18. The number of nitrogens with one attached hydrogen (secondary N) is 2. The first kappa shape index (κ1) is 24.7. The fourth-order valence-electron chi connectivity index (χ4n) is 3.40. The Morgan fingerprint density at radius 3 is 2.60 bits per heavy atom. The minimum absolute atomic E-state index is 0. The van der Waals surface area contributed by atoms with Gasteiger partial charge in [0.1, 0.15) is 5.75 Å². The molecule has 1 aromatic rings. The maximum absolute atomic E-state index is 12.0. The monoisotopic (exact) mass is 529 g/mol. The maximum atomic E-state index is 12.0. The van der Waals surface area contributed by atoms with Crippen LogP contribution in [0.2, 0.25) is 0 Å². The first-order chi connectivity index (χ1) is 14.2. The summed E-state index contributed by atoms with van der Waals surface area (Å²) in [4.78, 5) is 21.3. The third-order valence-electron chi connectivity index (χ3n) is 5.23. The van der Waals surface area contributed by atoms with Gasteiger partial charge in [-0.05, 0) is 38.3 Å². The van der Waals surface area contributed by atoms with E-state index < -0.39 is 0 Å². The van der Waals surface area contributed by atoms with Crippen LogP contribution in [0.4, 0.5) is 0 Å². The summed E-state index contributed by atoms with van der Waals surface area (Å²) in [6.07, 6.45) is 3.15. The number of halogens is 1. The number of carbonyl (C=O) groups excluding carboxylic acids is 1. The number of carbonyl (C=O) groups is 1. The predicted octanol–water partition coefficient (Wildman–Crippen LogP) is 2.24. The van der Waals surface area contributed by atoms with E-state index >= 15 is 0 Å². The van der Waals surface area contributed by atoms with Crippen molar-refractivity contribution in [3.8, 4) is 5.75 Å². The molecule has 1 saturated heterocycles. The van der Waals surface area contributed by atoms with E-state index in [1.54, 1.807) is 0 Å². The van der Waals surface area contributed by atoms with Crippen LogP contribution in [0.25, 0.3) is 0 Å². The fourth-order valence-corrected chi connectivity index (χ4v) is 3.40. The molecular formula is C22H36IN5O2. The highest BCUT2D eigenvalue weighted by atomic mass is 127. The number of benzene rings is 1. The second-order valence-corrected chi connectivity index (χ2v) is 7.81. The number of hydrogen-bond donors (Lipinski definition) is 2. The highest BCUT2D eigenvalue weighted by Gasteiger charge is 2.25. The molecule has 1 saturated carbocycles. The summed E-state index contributed by atoms with van der Waals surface area (Å²) in [6, 6.07) is 8.53. The van der Waals surface area contributed by atoms with E-state index in [0.717, 1.165) is 75.8 Å². The van der Waals surface area contributed by atoms with Crippen molar-refractivity contribution in [2.45, 2.75) is 39.2 Å². The number of nitrogens with zero attached hydrogens (tertiary/aromatic N) is 3. The summed E-state index contributed by atoms with van der Waals surface area (Å²) in [5.41, 5.74) is 1.16. The van der Waals surface area contributed by atoms with Gasteiger partial charge in [-0.15, -0.1) is 24.0 Å². The molecule has 0 unspecified atom stereocenters. The van der Waals surface area contributed by atoms with Crippen LogP contribution in [0.1, 0.15) is 31.7 Å². The third-order valence-corrected chi connectivity index (χ3v) is 5.23. The molecule has 2 N–H and O–H groups in total. The Bertz CT molecular complexity index is 688. The van der Waals surface area contributed by atoms with Crippen LogP contribution in [-0.4, -0.2) is 80.1 Å². The van der Waals surface area contributed by atoms with E-state index in [0.29, 0.717) is 19.2 Å². The fraction of sp³-hybridized carbons (Fsp3) is 0.636. The van der Waals surface area contributed by atoms with Crippen molar-refractivity contribution in [2.24, 2.45) is 4.99 Å². The normalized spacial score (nSPS) is 17.3. The molecule has 1 aliphatic carbocycles. The average molecular weight is 529 g/mol. The van der Waals surface area contributed by atoms with Crippen LogP contribution in [0, 0.1) is 6.92 Å². The van der Waals surface area contributed by atoms with Gasteiger partial charge in [0.2, 0.25) is 5.91 Å². The Morgan fingerprint density at radius 1 is 1.20 bits per heavy atom. The van der Waals surface area contributed by atoms with Crippen LogP contribution in [0.3, 0.4) is 0 Å². The molecule has 2 aliphatic rings. The lowest BCUT2D eigenvalue weighted by molar-refractivity contribution is -0.122. The zero-order valence-corrected chi connectivity index (χ0v) is 20.6. The summed E-state index contributed by atoms with van der Waals surface area (Å²) in [5.74, 6) is 2.07. The number of aliphatic imine (C=N–C) groups is 1. The van der Waals surface area contributed by atoms with Crippen LogP contribution in [-0.2, 0) is 4.79 Å². The minimum atomic E-state index is 0. The number of piperazine rings is 1. The van der Waals surface area contributed by atoms with Crippen molar-refractivity contribution in [3.63, 3.8) is 0 Å². The smallest absolute Gasteiger partial charge is 0.234 e. The number of ether oxygens (including phenoxy) is 1. The average Bonchev–Trinajstić information content (AvgIpc) is 3.53. The Balaban J connectivity index is 0.00000320. The van der Waals surface area contributed by atoms with Gasteiger partial charge in [-0.25, -0.2) is 0 Å². The van der Waals surface area contributed by atoms with E-state index in [1.807, 2.05) is 18.2 Å². The van der Waals surface area contributed by atoms with E-state index in [1.165, 1.54) is 0 Å². The van der Waals surface area contributed by atoms with Gasteiger partial charge in [0, 0.05) is 51.7 Å². The lowest BCUT2D eigenvalue weighted by Crippen LogP contribution is -2.54. The first-order valence-electron chi connectivity index (χ1n) is 10.9. The van der Waals surface area contributed by atoms with Crippen molar-refractivity contribution < 1.29 is 9.53 Å². The molecule has 8 heteroatoms. The Kier molecular flexibility index (Phi) is 10.7. The second-order valence-electron chi connectivity index (χ2n) is 7.81. The molecule has 0 atom stereocenters. The van der Waals surface area contributed by atoms with Gasteiger partial charge in [-0.3, -0.25) is 14.7 Å². The van der Waals surface area contributed by atoms with Crippen molar-refractivity contribution in [1.29, 1.82) is 0 Å². The third kappa shape index (κ3) is 8.29. The molecule has 3 rings (SSSR count). The molecule has 168 valence electrons. The maximum Gasteiger partial charge on any atom is 0.234 e. The molecule has 7 nitrogen and oxygen atoms in total. The molecule has 0 radical (unpaired) electrons. The summed E-state index contributed by atoms with van der Waals surface area (Å²) >= 11 is 0. The largest absolute Gasteiger partial charge is 0.493 e. The molecule has 0 bridgehead atoms. The Morgan fingerprint density at radius 2 is 1.93 bits per heavy atom. The van der Waals surface area contributed by atoms with Crippen LogP contribution in [0.15, 0.2) is 29.3 Å². The quantitative estimate of drug-likeness (QED) is 0.222. The van der Waals surface area contributed by atoms with Crippen molar-refractivity contribution >= 4 is 35.8 Å². The molecule has 1 amide bonds. The van der Waals surface area contributed by atoms with E-state index in [-0.39, 0.29) is 29.9 Å². The van der Waals surface area contributed by atoms with E-state index in [9.17, 15) is 4.79 Å². The van der Waals surface area contributed by atoms with Crippen molar-refractivity contribution in [2.75, 3.05) is 52.4 Å². The van der Waals surface area contributed by atoms with Crippen LogP contribution >= 0.6 is 24.0 Å². The van der Waals surface area contributed by atoms with E-state index in [4.69, 9.17) is 9.73 Å². The lowest BCUT2D eigenvalue weighted by atomic mass is 10.2. The standard InChI is InChI=1S/C22H35N5O2.HI/c1-3-23-22(24-11-6-16-29-20-8-5-4-7-18(20)2)27-14-12-26(13-15-27)17-21(28)25-19-9-10-19;/h4-5,7-8,19H,3,6,9-17H2,1-2H3,(H,23,24)(H,25,28);1H. The number of amides is 1. The van der Waals surface area contributed by atoms with Gasteiger partial charge in [-0.2, -0.15) is 0 Å². The van der Waals surface area contributed by atoms with Gasteiger partial charge in [0.15, 0.2) is 5.96 Å². The second kappa shape index (κ2) is 13.0. The molecule has 0 aromatic heterocycles. The first-order valence-corrected chi connectivity index (χ1v) is 10.9. The molecule has 1 aliphatic heterocycles. The summed E-state index contributed by atoms with van der Waals surface area (Å²) < 4.78 is 5.86. The van der Waals surface area contributed by atoms with Gasteiger partial charge in [-0.1, -0.05) is 18.2 Å². The number of guanidine groups is 1. The van der Waals surface area contributed by atoms with Crippen LogP contribution < -0.4 is 15.4 Å². The molecule has 1 aromatic carbocycles. The highest BCUT2D eigenvalue weighted by molar-refractivity contribution is 14.0. The predicted molar refractivity (Wildman–Crippen MR) is 132 cm³/mol. The molecule has 2 fully saturated rings. The minimum Gasteiger partial charge on any atom is -0.493 e. The number of aryl methyl sites for hydroxylation is 1. The Labute approximate surface area is 197 Å². The SMILES string of the molecule is CCNC(=NCCCOc1ccccc1C)N1CCN(CC(=O)NC2CC2)CC1.I. The topological polar surface area (TPSA) is 69.2 Å². The summed E-state index contributed by atoms with van der Waals surface area (Å²) in [5, 5.41) is 6.47. The zero-order valence-electron chi connectivity index (χ0n) is 18.2. The molecule has 0 spiro atoms. The number of para-hydroxylation sites is 1. The van der Waals surface area contributed by atoms with Gasteiger partial charge < -0.3 is 20.3 Å². The van der Waals surface area contributed by atoms with Gasteiger partial charge in [0.25, 0.3) is 0 Å². The lowest BCUT2D eigenvalue weighted by Gasteiger charge is -2.36. The molecule has 30 heavy (non-hydrogen) atoms. The van der Waals surface area contributed by atoms with Crippen molar-refractivity contribution in [3.05, 3.63) is 29.8 Å². The number of rotatable bonds is 9. The van der Waals surface area contributed by atoms with E-state index in [2.05, 4.69) is 40.3 Å². The van der Waals surface area contributed by atoms with Gasteiger partial charge in [0.05, 0.1) is 13.2 Å². The molecular weight excluding hydrogens is 493 g/mol. The van der Waals surface area contributed by atoms with Crippen LogP contribution in [0.5, 0.6) is 5.75 Å². The summed E-state index contributed by atoms with van der Waals surface area (Å²) in [7, 11) is 0. The van der Waals surface area contributed by atoms with Gasteiger partial charge >= 0.3 is 0 Å². The molecule has 1 heterocycles. The summed E-state index contributed by atoms with van der Waals surface area (Å²) in [6.45, 7) is 10.5. The zero-order chi connectivity index (χ0) is 20.5. The van der Waals surface area contributed by atoms with Crippen molar-refractivity contribution in [1.82, 2.24) is 20.4 Å².